The molecule has 3 rings (SSSR count). The Balaban J connectivity index is 1.75. The van der Waals surface area contributed by atoms with Crippen molar-refractivity contribution in [2.45, 2.75) is 11.8 Å². The normalized spacial score (nSPS) is 10.8. The van der Waals surface area contributed by atoms with E-state index in [9.17, 15) is 4.79 Å². The Labute approximate surface area is 158 Å². The van der Waals surface area contributed by atoms with Gasteiger partial charge in [-0.1, -0.05) is 53.5 Å². The molecule has 2 nitrogen and oxygen atoms in total. The first-order chi connectivity index (χ1) is 11.5. The summed E-state index contributed by atoms with van der Waals surface area (Å²) < 4.78 is 0. The second-order valence-corrected chi connectivity index (χ2v) is 7.95. The molecular weight excluding hydrogens is 381 g/mol. The molecule has 0 atom stereocenters. The first-order valence-corrected chi connectivity index (χ1v) is 9.74. The molecule has 3 aromatic rings. The molecule has 24 heavy (non-hydrogen) atoms. The zero-order valence-electron chi connectivity index (χ0n) is 12.8. The van der Waals surface area contributed by atoms with Crippen molar-refractivity contribution in [2.24, 2.45) is 0 Å². The smallest absolute Gasteiger partial charge is 0.184 e. The maximum atomic E-state index is 12.5. The van der Waals surface area contributed by atoms with E-state index < -0.39 is 0 Å². The van der Waals surface area contributed by atoms with Crippen molar-refractivity contribution in [3.8, 4) is 10.6 Å². The van der Waals surface area contributed by atoms with E-state index in [1.165, 1.54) is 23.1 Å². The van der Waals surface area contributed by atoms with Gasteiger partial charge in [0.2, 0.25) is 0 Å². The van der Waals surface area contributed by atoms with Crippen LogP contribution in [0.15, 0.2) is 53.4 Å². The number of ketones is 1. The van der Waals surface area contributed by atoms with Gasteiger partial charge in [0.05, 0.1) is 21.3 Å². The lowest BCUT2D eigenvalue weighted by Gasteiger charge is -2.03. The van der Waals surface area contributed by atoms with E-state index in [1.807, 2.05) is 43.3 Å². The number of rotatable bonds is 5. The first-order valence-electron chi connectivity index (χ1n) is 7.18. The van der Waals surface area contributed by atoms with Crippen molar-refractivity contribution in [2.75, 3.05) is 5.75 Å². The Morgan fingerprint density at radius 3 is 2.62 bits per heavy atom. The van der Waals surface area contributed by atoms with Crippen LogP contribution in [0.4, 0.5) is 0 Å². The molecule has 0 aliphatic carbocycles. The number of carbonyl (C=O) groups excluding carboxylic acids is 1. The minimum absolute atomic E-state index is 0.0585. The summed E-state index contributed by atoms with van der Waals surface area (Å²) in [5.41, 5.74) is 1.80. The molecule has 0 fully saturated rings. The standard InChI is InChI=1S/C18H13Cl2NOS2/c1-11-17(24-18(21-11)12-5-3-2-4-6-12)15(22)10-23-16-8-7-13(19)9-14(16)20/h2-9H,10H2,1H3. The van der Waals surface area contributed by atoms with E-state index in [0.29, 0.717) is 20.7 Å². The molecule has 1 heterocycles. The minimum Gasteiger partial charge on any atom is -0.292 e. The number of aromatic nitrogens is 1. The average Bonchev–Trinajstić information content (AvgIpc) is 2.96. The number of halogens is 2. The predicted molar refractivity (Wildman–Crippen MR) is 104 cm³/mol. The quantitative estimate of drug-likeness (QED) is 0.370. The third kappa shape index (κ3) is 4.01. The van der Waals surface area contributed by atoms with Crippen LogP contribution in [-0.4, -0.2) is 16.5 Å². The lowest BCUT2D eigenvalue weighted by Crippen LogP contribution is -2.01. The van der Waals surface area contributed by atoms with Gasteiger partial charge in [-0.15, -0.1) is 23.1 Å². The summed E-state index contributed by atoms with van der Waals surface area (Å²) in [5.74, 6) is 0.377. The van der Waals surface area contributed by atoms with Gasteiger partial charge in [0.1, 0.15) is 5.01 Å². The number of thioether (sulfide) groups is 1. The second kappa shape index (κ2) is 7.70. The molecule has 6 heteroatoms. The summed E-state index contributed by atoms with van der Waals surface area (Å²) in [6.07, 6.45) is 0. The Kier molecular flexibility index (Phi) is 5.61. The SMILES string of the molecule is Cc1nc(-c2ccccc2)sc1C(=O)CSc1ccc(Cl)cc1Cl. The van der Waals surface area contributed by atoms with Crippen LogP contribution < -0.4 is 0 Å². The van der Waals surface area contributed by atoms with Crippen molar-refractivity contribution >= 4 is 52.1 Å². The van der Waals surface area contributed by atoms with Gasteiger partial charge in [-0.2, -0.15) is 0 Å². The number of aryl methyl sites for hydroxylation is 1. The van der Waals surface area contributed by atoms with E-state index >= 15 is 0 Å². The van der Waals surface area contributed by atoms with Gasteiger partial charge in [-0.25, -0.2) is 4.98 Å². The summed E-state index contributed by atoms with van der Waals surface area (Å²) in [6, 6.07) is 15.2. The van der Waals surface area contributed by atoms with E-state index in [2.05, 4.69) is 4.98 Å². The second-order valence-electron chi connectivity index (χ2n) is 5.09. The van der Waals surface area contributed by atoms with Crippen LogP contribution in [0, 0.1) is 6.92 Å². The van der Waals surface area contributed by atoms with Gasteiger partial charge in [0.15, 0.2) is 5.78 Å². The molecule has 0 bridgehead atoms. The number of carbonyl (C=O) groups is 1. The number of benzene rings is 2. The van der Waals surface area contributed by atoms with Crippen molar-refractivity contribution in [1.29, 1.82) is 0 Å². The van der Waals surface area contributed by atoms with Crippen LogP contribution in [0.5, 0.6) is 0 Å². The number of nitrogens with zero attached hydrogens (tertiary/aromatic N) is 1. The summed E-state index contributed by atoms with van der Waals surface area (Å²) in [5, 5.41) is 2.01. The molecular formula is C18H13Cl2NOS2. The number of hydrogen-bond acceptors (Lipinski definition) is 4. The Morgan fingerprint density at radius 1 is 1.17 bits per heavy atom. The average molecular weight is 394 g/mol. The molecule has 0 aliphatic rings. The highest BCUT2D eigenvalue weighted by Crippen LogP contribution is 2.32. The molecule has 0 spiro atoms. The zero-order chi connectivity index (χ0) is 17.1. The topological polar surface area (TPSA) is 30.0 Å². The summed E-state index contributed by atoms with van der Waals surface area (Å²) in [6.45, 7) is 1.87. The van der Waals surface area contributed by atoms with Gasteiger partial charge in [-0.05, 0) is 25.1 Å². The predicted octanol–water partition coefficient (Wildman–Crippen LogP) is 6.40. The molecule has 1 aromatic heterocycles. The molecule has 0 amide bonds. The van der Waals surface area contributed by atoms with Gasteiger partial charge < -0.3 is 0 Å². The van der Waals surface area contributed by atoms with Crippen molar-refractivity contribution in [1.82, 2.24) is 4.98 Å². The summed E-state index contributed by atoms with van der Waals surface area (Å²) in [4.78, 5) is 18.6. The highest BCUT2D eigenvalue weighted by Gasteiger charge is 2.17. The molecule has 0 N–H and O–H groups in total. The molecule has 0 saturated carbocycles. The zero-order valence-corrected chi connectivity index (χ0v) is 15.9. The minimum atomic E-state index is 0.0585. The number of hydrogen-bond donors (Lipinski definition) is 0. The van der Waals surface area contributed by atoms with Gasteiger partial charge in [0, 0.05) is 15.5 Å². The van der Waals surface area contributed by atoms with E-state index in [-0.39, 0.29) is 5.78 Å². The molecule has 0 saturated heterocycles. The Bertz CT molecular complexity index is 878. The third-order valence-electron chi connectivity index (χ3n) is 3.32. The Hall–Kier alpha value is -1.33. The van der Waals surface area contributed by atoms with E-state index in [0.717, 1.165) is 21.2 Å². The molecule has 0 unspecified atom stereocenters. The molecule has 2 aromatic carbocycles. The molecule has 122 valence electrons. The largest absolute Gasteiger partial charge is 0.292 e. The number of thiazole rings is 1. The molecule has 0 aliphatic heterocycles. The molecule has 0 radical (unpaired) electrons. The van der Waals surface area contributed by atoms with Crippen LogP contribution in [0.25, 0.3) is 10.6 Å². The first kappa shape index (κ1) is 17.5. The van der Waals surface area contributed by atoms with Crippen molar-refractivity contribution < 1.29 is 4.79 Å². The lowest BCUT2D eigenvalue weighted by atomic mass is 10.2. The lowest BCUT2D eigenvalue weighted by molar-refractivity contribution is 0.102. The maximum Gasteiger partial charge on any atom is 0.184 e. The van der Waals surface area contributed by atoms with Gasteiger partial charge in [0.25, 0.3) is 0 Å². The van der Waals surface area contributed by atoms with Gasteiger partial charge in [-0.3, -0.25) is 4.79 Å². The van der Waals surface area contributed by atoms with Crippen molar-refractivity contribution in [3.05, 3.63) is 69.1 Å². The van der Waals surface area contributed by atoms with Crippen LogP contribution in [0.1, 0.15) is 15.4 Å². The number of Topliss-reactive ketones (excluding diaryl/α,β-unsaturated/α-hetero) is 1. The maximum absolute atomic E-state index is 12.5. The highest BCUT2D eigenvalue weighted by atomic mass is 35.5. The monoisotopic (exact) mass is 393 g/mol. The van der Waals surface area contributed by atoms with Crippen LogP contribution >= 0.6 is 46.3 Å². The fraction of sp³-hybridized carbons (Fsp3) is 0.111. The fourth-order valence-corrected chi connectivity index (χ4v) is 4.63. The fourth-order valence-electron chi connectivity index (χ4n) is 2.16. The van der Waals surface area contributed by atoms with E-state index in [4.69, 9.17) is 23.2 Å². The Morgan fingerprint density at radius 2 is 1.92 bits per heavy atom. The van der Waals surface area contributed by atoms with Crippen LogP contribution in [0.2, 0.25) is 10.0 Å². The summed E-state index contributed by atoms with van der Waals surface area (Å²) in [7, 11) is 0. The van der Waals surface area contributed by atoms with Crippen molar-refractivity contribution in [3.63, 3.8) is 0 Å². The summed E-state index contributed by atoms with van der Waals surface area (Å²) >= 11 is 14.9. The van der Waals surface area contributed by atoms with E-state index in [1.54, 1.807) is 12.1 Å². The third-order valence-corrected chi connectivity index (χ3v) is 6.30. The highest BCUT2D eigenvalue weighted by molar-refractivity contribution is 8.00. The van der Waals surface area contributed by atoms with Gasteiger partial charge >= 0.3 is 0 Å². The van der Waals surface area contributed by atoms with Crippen LogP contribution in [0.3, 0.4) is 0 Å². The van der Waals surface area contributed by atoms with Crippen LogP contribution in [-0.2, 0) is 0 Å².